The Morgan fingerprint density at radius 2 is 2.35 bits per heavy atom. The first-order valence-corrected chi connectivity index (χ1v) is 7.88. The van der Waals surface area contributed by atoms with Crippen LogP contribution in [0.25, 0.3) is 0 Å². The number of nitrogens with one attached hydrogen (secondary N) is 1. The van der Waals surface area contributed by atoms with Gasteiger partial charge < -0.3 is 15.0 Å². The molecule has 7 nitrogen and oxygen atoms in total. The normalized spacial score (nSPS) is 17.3. The number of amides is 1. The Morgan fingerprint density at radius 1 is 1.57 bits per heavy atom. The van der Waals surface area contributed by atoms with Gasteiger partial charge in [-0.3, -0.25) is 14.9 Å². The summed E-state index contributed by atoms with van der Waals surface area (Å²) in [6, 6.07) is 4.21. The van der Waals surface area contributed by atoms with Gasteiger partial charge in [0.1, 0.15) is 0 Å². The molecule has 0 radical (unpaired) electrons. The molecule has 1 aliphatic heterocycles. The average molecular weight is 342 g/mol. The van der Waals surface area contributed by atoms with Gasteiger partial charge >= 0.3 is 5.69 Å². The van der Waals surface area contributed by atoms with Crippen molar-refractivity contribution >= 4 is 23.2 Å². The number of hydrogen-bond donors (Lipinski definition) is 1. The summed E-state index contributed by atoms with van der Waals surface area (Å²) in [4.78, 5) is 24.4. The number of rotatable bonds is 7. The van der Waals surface area contributed by atoms with E-state index in [1.54, 1.807) is 0 Å². The van der Waals surface area contributed by atoms with Crippen LogP contribution in [0.1, 0.15) is 12.8 Å². The van der Waals surface area contributed by atoms with E-state index in [9.17, 15) is 14.9 Å². The van der Waals surface area contributed by atoms with Crippen LogP contribution in [0.5, 0.6) is 5.75 Å². The summed E-state index contributed by atoms with van der Waals surface area (Å²) in [5.74, 6) is 0.629. The second-order valence-electron chi connectivity index (χ2n) is 5.52. The number of likely N-dealkylation sites (tertiary alicyclic amines) is 1. The zero-order valence-electron chi connectivity index (χ0n) is 13.0. The van der Waals surface area contributed by atoms with E-state index in [1.807, 2.05) is 11.9 Å². The highest BCUT2D eigenvalue weighted by Crippen LogP contribution is 2.30. The third-order valence-corrected chi connectivity index (χ3v) is 4.06. The maximum absolute atomic E-state index is 12.1. The number of halogens is 1. The lowest BCUT2D eigenvalue weighted by molar-refractivity contribution is -0.385. The fourth-order valence-electron chi connectivity index (χ4n) is 2.68. The molecule has 8 heteroatoms. The van der Waals surface area contributed by atoms with Gasteiger partial charge in [-0.15, -0.1) is 0 Å². The molecule has 0 saturated carbocycles. The molecule has 2 rings (SSSR count). The Morgan fingerprint density at radius 3 is 3.04 bits per heavy atom. The molecule has 0 bridgehead atoms. The summed E-state index contributed by atoms with van der Waals surface area (Å²) in [5, 5.41) is 14.4. The molecule has 1 amide bonds. The van der Waals surface area contributed by atoms with Crippen molar-refractivity contribution < 1.29 is 14.5 Å². The smallest absolute Gasteiger partial charge is 0.312 e. The summed E-state index contributed by atoms with van der Waals surface area (Å²) >= 11 is 5.74. The summed E-state index contributed by atoms with van der Waals surface area (Å²) in [6.07, 6.45) is 1.20. The van der Waals surface area contributed by atoms with Crippen LogP contribution in [0.4, 0.5) is 5.69 Å². The first-order valence-electron chi connectivity index (χ1n) is 7.50. The fraction of sp³-hybridized carbons (Fsp3) is 0.533. The third kappa shape index (κ3) is 4.80. The van der Waals surface area contributed by atoms with Gasteiger partial charge in [0, 0.05) is 24.2 Å². The van der Waals surface area contributed by atoms with E-state index < -0.39 is 4.92 Å². The molecule has 1 unspecified atom stereocenters. The summed E-state index contributed by atoms with van der Waals surface area (Å²) in [6.45, 7) is 2.51. The number of carbonyl (C=O) groups excluding carboxylic acids is 1. The molecule has 1 heterocycles. The fourth-order valence-corrected chi connectivity index (χ4v) is 2.84. The maximum atomic E-state index is 12.1. The molecule has 1 N–H and O–H groups in total. The Hall–Kier alpha value is -1.86. The van der Waals surface area contributed by atoms with Crippen molar-refractivity contribution in [1.29, 1.82) is 0 Å². The highest BCUT2D eigenvalue weighted by Gasteiger charge is 2.25. The number of benzene rings is 1. The molecule has 1 aliphatic rings. The van der Waals surface area contributed by atoms with Crippen molar-refractivity contribution in [2.45, 2.75) is 12.8 Å². The van der Waals surface area contributed by atoms with Gasteiger partial charge in [0.05, 0.1) is 18.0 Å². The van der Waals surface area contributed by atoms with Crippen molar-refractivity contribution in [3.8, 4) is 5.75 Å². The molecule has 1 atom stereocenters. The predicted octanol–water partition coefficient (Wildman–Crippen LogP) is 2.08. The Bertz CT molecular complexity index is 582. The van der Waals surface area contributed by atoms with E-state index in [1.165, 1.54) is 18.2 Å². The van der Waals surface area contributed by atoms with E-state index in [0.717, 1.165) is 26.1 Å². The third-order valence-electron chi connectivity index (χ3n) is 3.82. The van der Waals surface area contributed by atoms with Crippen LogP contribution in [-0.4, -0.2) is 49.0 Å². The SMILES string of the molecule is CNCC1CCN(C(=O)CCOc2ccc(Cl)cc2[N+](=O)[O-])C1. The minimum Gasteiger partial charge on any atom is -0.486 e. The second kappa shape index (κ2) is 8.12. The van der Waals surface area contributed by atoms with Gasteiger partial charge in [0.15, 0.2) is 5.75 Å². The molecule has 126 valence electrons. The van der Waals surface area contributed by atoms with Crippen LogP contribution in [-0.2, 0) is 4.79 Å². The topological polar surface area (TPSA) is 84.7 Å². The summed E-state index contributed by atoms with van der Waals surface area (Å²) < 4.78 is 5.40. The van der Waals surface area contributed by atoms with Gasteiger partial charge in [-0.2, -0.15) is 0 Å². The van der Waals surface area contributed by atoms with Crippen molar-refractivity contribution in [1.82, 2.24) is 10.2 Å². The number of carbonyl (C=O) groups is 1. The van der Waals surface area contributed by atoms with Crippen molar-refractivity contribution in [2.24, 2.45) is 5.92 Å². The molecule has 0 spiro atoms. The number of ether oxygens (including phenoxy) is 1. The lowest BCUT2D eigenvalue weighted by atomic mass is 10.1. The van der Waals surface area contributed by atoms with Crippen LogP contribution in [0.2, 0.25) is 5.02 Å². The lowest BCUT2D eigenvalue weighted by Crippen LogP contribution is -2.31. The van der Waals surface area contributed by atoms with Gasteiger partial charge in [-0.05, 0) is 38.1 Å². The average Bonchev–Trinajstić information content (AvgIpc) is 2.97. The second-order valence-corrected chi connectivity index (χ2v) is 5.96. The Balaban J connectivity index is 1.83. The molecule has 1 aromatic carbocycles. The summed E-state index contributed by atoms with van der Waals surface area (Å²) in [5.41, 5.74) is -0.194. The van der Waals surface area contributed by atoms with Crippen LogP contribution in [0.15, 0.2) is 18.2 Å². The standard InChI is InChI=1S/C15H20ClN3O4/c1-17-9-11-4-6-18(10-11)15(20)5-7-23-14-3-2-12(16)8-13(14)19(21)22/h2-3,8,11,17H,4-7,9-10H2,1H3. The molecule has 23 heavy (non-hydrogen) atoms. The van der Waals surface area contributed by atoms with Crippen LogP contribution in [0.3, 0.4) is 0 Å². The van der Waals surface area contributed by atoms with E-state index in [4.69, 9.17) is 16.3 Å². The molecule has 1 fully saturated rings. The van der Waals surface area contributed by atoms with E-state index in [-0.39, 0.29) is 35.4 Å². The zero-order chi connectivity index (χ0) is 16.8. The van der Waals surface area contributed by atoms with Gasteiger partial charge in [0.25, 0.3) is 0 Å². The van der Waals surface area contributed by atoms with E-state index >= 15 is 0 Å². The first kappa shape index (κ1) is 17.5. The van der Waals surface area contributed by atoms with Crippen LogP contribution in [0, 0.1) is 16.0 Å². The van der Waals surface area contributed by atoms with Crippen molar-refractivity contribution in [3.63, 3.8) is 0 Å². The minimum atomic E-state index is -0.550. The van der Waals surface area contributed by atoms with Gasteiger partial charge in [-0.25, -0.2) is 0 Å². The Labute approximate surface area is 139 Å². The van der Waals surface area contributed by atoms with Crippen LogP contribution < -0.4 is 10.1 Å². The molecular formula is C15H20ClN3O4. The van der Waals surface area contributed by atoms with Crippen LogP contribution >= 0.6 is 11.6 Å². The van der Waals surface area contributed by atoms with Crippen molar-refractivity contribution in [3.05, 3.63) is 33.3 Å². The Kier molecular flexibility index (Phi) is 6.18. The highest BCUT2D eigenvalue weighted by molar-refractivity contribution is 6.30. The lowest BCUT2D eigenvalue weighted by Gasteiger charge is -2.16. The number of nitro groups is 1. The molecule has 1 saturated heterocycles. The molecular weight excluding hydrogens is 322 g/mol. The van der Waals surface area contributed by atoms with E-state index in [0.29, 0.717) is 5.92 Å². The van der Waals surface area contributed by atoms with E-state index in [2.05, 4.69) is 5.32 Å². The van der Waals surface area contributed by atoms with Gasteiger partial charge in [-0.1, -0.05) is 11.6 Å². The number of hydrogen-bond acceptors (Lipinski definition) is 5. The predicted molar refractivity (Wildman–Crippen MR) is 86.8 cm³/mol. The molecule has 0 aliphatic carbocycles. The highest BCUT2D eigenvalue weighted by atomic mass is 35.5. The number of nitrogens with zero attached hydrogens (tertiary/aromatic N) is 2. The largest absolute Gasteiger partial charge is 0.486 e. The molecule has 0 aromatic heterocycles. The minimum absolute atomic E-state index is 0.0141. The quantitative estimate of drug-likeness (QED) is 0.606. The number of nitro benzene ring substituents is 1. The first-order chi connectivity index (χ1) is 11.0. The zero-order valence-corrected chi connectivity index (χ0v) is 13.7. The summed E-state index contributed by atoms with van der Waals surface area (Å²) in [7, 11) is 1.90. The maximum Gasteiger partial charge on any atom is 0.312 e. The van der Waals surface area contributed by atoms with Gasteiger partial charge in [0.2, 0.25) is 5.91 Å². The molecule has 1 aromatic rings. The van der Waals surface area contributed by atoms with Crippen molar-refractivity contribution in [2.75, 3.05) is 33.3 Å². The monoisotopic (exact) mass is 341 g/mol.